The predicted molar refractivity (Wildman–Crippen MR) is 70.8 cm³/mol. The van der Waals surface area contributed by atoms with Crippen molar-refractivity contribution in [2.24, 2.45) is 0 Å². The van der Waals surface area contributed by atoms with Crippen LogP contribution in [-0.4, -0.2) is 121 Å². The number of ether oxygens (including phenoxy) is 2. The smallest absolute Gasteiger partial charge is 0.187 e. The van der Waals surface area contributed by atoms with Gasteiger partial charge in [0.15, 0.2) is 6.29 Å². The molecule has 1 saturated heterocycles. The van der Waals surface area contributed by atoms with Crippen LogP contribution in [0.4, 0.5) is 0 Å². The lowest BCUT2D eigenvalue weighted by molar-refractivity contribution is -0.327. The van der Waals surface area contributed by atoms with Crippen LogP contribution in [0, 0.1) is 0 Å². The molecular weight excluding hydrogens is 320 g/mol. The van der Waals surface area contributed by atoms with Crippen LogP contribution in [0.1, 0.15) is 1.37 Å². The van der Waals surface area contributed by atoms with Gasteiger partial charge in [-0.3, -0.25) is 0 Å². The Bertz CT molecular complexity index is 371. The van der Waals surface area contributed by atoms with Crippen LogP contribution in [0.2, 0.25) is 0 Å². The van der Waals surface area contributed by atoms with Gasteiger partial charge in [-0.2, -0.15) is 0 Å². The summed E-state index contributed by atoms with van der Waals surface area (Å²) in [6.45, 7) is -3.83. The second-order valence-electron chi connectivity index (χ2n) is 5.18. The first-order valence-corrected chi connectivity index (χ1v) is 6.87. The lowest BCUT2D eigenvalue weighted by Gasteiger charge is -2.42. The minimum absolute atomic E-state index is 0.741. The molecule has 1 aliphatic rings. The third kappa shape index (κ3) is 4.78. The molecule has 0 amide bonds. The number of rotatable bonds is 8. The Kier molecular flexibility index (Phi) is 7.52. The van der Waals surface area contributed by atoms with Gasteiger partial charge in [-0.1, -0.05) is 0 Å². The van der Waals surface area contributed by atoms with E-state index < -0.39 is 74.9 Å². The minimum Gasteiger partial charge on any atom is -0.394 e. The first kappa shape index (κ1) is 18.9. The normalized spacial score (nSPS) is 39.2. The van der Waals surface area contributed by atoms with Crippen molar-refractivity contribution in [1.29, 1.82) is 0 Å². The van der Waals surface area contributed by atoms with Gasteiger partial charge in [0.1, 0.15) is 48.8 Å². The van der Waals surface area contributed by atoms with Crippen molar-refractivity contribution in [2.45, 2.75) is 55.1 Å². The zero-order chi connectivity index (χ0) is 18.6. The Morgan fingerprint density at radius 2 is 1.57 bits per heavy atom. The summed E-state index contributed by atoms with van der Waals surface area (Å²) in [5.41, 5.74) is 0. The summed E-state index contributed by atoms with van der Waals surface area (Å²) in [6.07, 6.45) is -16.1. The van der Waals surface area contributed by atoms with Crippen molar-refractivity contribution in [3.05, 3.63) is 0 Å². The molecule has 0 aliphatic carbocycles. The molecule has 1 fully saturated rings. The van der Waals surface area contributed by atoms with E-state index in [9.17, 15) is 30.6 Å². The highest BCUT2D eigenvalue weighted by Crippen LogP contribution is 2.24. The lowest BCUT2D eigenvalue weighted by Crippen LogP contribution is -2.61. The van der Waals surface area contributed by atoms with Crippen molar-refractivity contribution >= 4 is 0 Å². The standard InChI is InChI=1S/C12H24O11/c13-1-4(16)7(18)11(5(17)2-14)23-12-10(21)9(20)8(19)6(3-15)22-12/h4-21H,1-3H2/t4-,5+,6+,7+,8+,9-,10+,11+,12-/m0/s1/i1D/t1?,4-,5+,6+,7+,8+,9-,10+,11+,12-. The van der Waals surface area contributed by atoms with E-state index in [0.29, 0.717) is 0 Å². The minimum atomic E-state index is -2.15. The molecule has 11 heteroatoms. The average molecular weight is 345 g/mol. The fourth-order valence-electron chi connectivity index (χ4n) is 2.12. The predicted octanol–water partition coefficient (Wildman–Crippen LogP) is -5.76. The molecule has 138 valence electrons. The van der Waals surface area contributed by atoms with E-state index in [4.69, 9.17) is 26.2 Å². The molecule has 0 aromatic carbocycles. The largest absolute Gasteiger partial charge is 0.394 e. The third-order valence-corrected chi connectivity index (χ3v) is 3.55. The van der Waals surface area contributed by atoms with E-state index in [0.717, 1.165) is 0 Å². The summed E-state index contributed by atoms with van der Waals surface area (Å²) in [6, 6.07) is 0. The van der Waals surface area contributed by atoms with Crippen LogP contribution in [-0.2, 0) is 9.47 Å². The lowest BCUT2D eigenvalue weighted by atomic mass is 9.98. The van der Waals surface area contributed by atoms with Crippen LogP contribution in [0.5, 0.6) is 0 Å². The van der Waals surface area contributed by atoms with Crippen LogP contribution in [0.25, 0.3) is 0 Å². The van der Waals surface area contributed by atoms with E-state index >= 15 is 0 Å². The molecule has 0 radical (unpaired) electrons. The van der Waals surface area contributed by atoms with Gasteiger partial charge in [-0.25, -0.2) is 0 Å². The van der Waals surface area contributed by atoms with Gasteiger partial charge in [0.05, 0.1) is 21.2 Å². The van der Waals surface area contributed by atoms with E-state index in [1.54, 1.807) is 0 Å². The van der Waals surface area contributed by atoms with Gasteiger partial charge in [-0.05, 0) is 0 Å². The third-order valence-electron chi connectivity index (χ3n) is 3.55. The fraction of sp³-hybridized carbons (Fsp3) is 1.00. The summed E-state index contributed by atoms with van der Waals surface area (Å²) in [5.74, 6) is 0. The van der Waals surface area contributed by atoms with Gasteiger partial charge in [0.2, 0.25) is 0 Å². The van der Waals surface area contributed by atoms with Gasteiger partial charge in [0, 0.05) is 0 Å². The molecule has 10 atom stereocenters. The Morgan fingerprint density at radius 3 is 2.04 bits per heavy atom. The maximum absolute atomic E-state index is 9.88. The number of aliphatic hydroxyl groups is 9. The van der Waals surface area contributed by atoms with E-state index in [1.807, 2.05) is 0 Å². The summed E-state index contributed by atoms with van der Waals surface area (Å²) in [4.78, 5) is 0. The molecule has 1 heterocycles. The van der Waals surface area contributed by atoms with Crippen molar-refractivity contribution in [3.63, 3.8) is 0 Å². The molecule has 1 rings (SSSR count). The maximum Gasteiger partial charge on any atom is 0.187 e. The quantitative estimate of drug-likeness (QED) is 0.203. The molecular formula is C12H24O11. The maximum atomic E-state index is 9.88. The van der Waals surface area contributed by atoms with Crippen molar-refractivity contribution in [1.82, 2.24) is 0 Å². The second kappa shape index (κ2) is 9.15. The molecule has 1 aliphatic heterocycles. The molecule has 0 aromatic rings. The molecule has 9 N–H and O–H groups in total. The van der Waals surface area contributed by atoms with Crippen LogP contribution in [0.15, 0.2) is 0 Å². The summed E-state index contributed by atoms with van der Waals surface area (Å²) in [7, 11) is 0. The van der Waals surface area contributed by atoms with Gasteiger partial charge in [-0.15, -0.1) is 0 Å². The first-order chi connectivity index (χ1) is 11.1. The average Bonchev–Trinajstić information content (AvgIpc) is 2.57. The Labute approximate surface area is 133 Å². The van der Waals surface area contributed by atoms with Crippen LogP contribution >= 0.6 is 0 Å². The van der Waals surface area contributed by atoms with Crippen molar-refractivity contribution in [2.75, 3.05) is 19.8 Å². The number of hydrogen-bond acceptors (Lipinski definition) is 11. The zero-order valence-corrected chi connectivity index (χ0v) is 12.0. The van der Waals surface area contributed by atoms with Gasteiger partial charge < -0.3 is 55.4 Å². The van der Waals surface area contributed by atoms with Crippen LogP contribution < -0.4 is 0 Å². The number of hydrogen-bond donors (Lipinski definition) is 9. The van der Waals surface area contributed by atoms with Crippen molar-refractivity contribution in [3.8, 4) is 0 Å². The fourth-order valence-corrected chi connectivity index (χ4v) is 2.12. The Hall–Kier alpha value is -0.440. The topological polar surface area (TPSA) is 201 Å². The SMILES string of the molecule is [2H]C(O)[C@H](O)[C@@H](O)[C@H](O[C@@H]1O[C@H](CO)[C@@H](O)[C@H](O)[C@H]1O)[C@H](O)CO. The van der Waals surface area contributed by atoms with Gasteiger partial charge >= 0.3 is 0 Å². The van der Waals surface area contributed by atoms with Gasteiger partial charge in [0.25, 0.3) is 0 Å². The van der Waals surface area contributed by atoms with E-state index in [-0.39, 0.29) is 0 Å². The highest BCUT2D eigenvalue weighted by molar-refractivity contribution is 4.91. The van der Waals surface area contributed by atoms with Crippen LogP contribution in [0.3, 0.4) is 0 Å². The number of aliphatic hydroxyl groups excluding tert-OH is 9. The molecule has 0 bridgehead atoms. The molecule has 11 nitrogen and oxygen atoms in total. The molecule has 23 heavy (non-hydrogen) atoms. The highest BCUT2D eigenvalue weighted by Gasteiger charge is 2.46. The highest BCUT2D eigenvalue weighted by atomic mass is 16.7. The summed E-state index contributed by atoms with van der Waals surface area (Å²) >= 11 is 0. The van der Waals surface area contributed by atoms with Crippen molar-refractivity contribution < 1.29 is 56.8 Å². The summed E-state index contributed by atoms with van der Waals surface area (Å²) in [5, 5.41) is 85.3. The molecule has 0 aromatic heterocycles. The molecule has 0 spiro atoms. The monoisotopic (exact) mass is 345 g/mol. The summed E-state index contributed by atoms with van der Waals surface area (Å²) < 4.78 is 17.0. The van der Waals surface area contributed by atoms with E-state index in [2.05, 4.69) is 0 Å². The second-order valence-corrected chi connectivity index (χ2v) is 5.18. The Balaban J connectivity index is 2.92. The Morgan fingerprint density at radius 1 is 0.957 bits per heavy atom. The first-order valence-electron chi connectivity index (χ1n) is 7.44. The van der Waals surface area contributed by atoms with E-state index in [1.165, 1.54) is 0 Å². The molecule has 1 unspecified atom stereocenters. The zero-order valence-electron chi connectivity index (χ0n) is 13.0. The molecule has 0 saturated carbocycles.